The molecule has 3 aromatic rings. The lowest BCUT2D eigenvalue weighted by atomic mass is 9.80. The highest BCUT2D eigenvalue weighted by atomic mass is 32.1. The van der Waals surface area contributed by atoms with Crippen molar-refractivity contribution in [3.8, 4) is 5.75 Å². The smallest absolute Gasteiger partial charge is 0.261 e. The summed E-state index contributed by atoms with van der Waals surface area (Å²) < 4.78 is 8.59. The number of ether oxygens (including phenoxy) is 1. The third kappa shape index (κ3) is 3.92. The van der Waals surface area contributed by atoms with Crippen LogP contribution in [0.4, 0.5) is 0 Å². The molecule has 0 saturated carbocycles. The van der Waals surface area contributed by atoms with Gasteiger partial charge in [0.05, 0.1) is 16.6 Å². The van der Waals surface area contributed by atoms with E-state index in [0.717, 1.165) is 71.0 Å². The summed E-state index contributed by atoms with van der Waals surface area (Å²) in [5, 5.41) is 9.11. The van der Waals surface area contributed by atoms with E-state index in [1.165, 1.54) is 0 Å². The zero-order valence-corrected chi connectivity index (χ0v) is 20.2. The van der Waals surface area contributed by atoms with Crippen LogP contribution in [0.2, 0.25) is 0 Å². The van der Waals surface area contributed by atoms with Crippen molar-refractivity contribution < 1.29 is 9.53 Å². The summed E-state index contributed by atoms with van der Waals surface area (Å²) in [5.41, 5.74) is 1.86. The number of hydrogen-bond acceptors (Lipinski definition) is 5. The first-order valence-electron chi connectivity index (χ1n) is 11.6. The molecule has 1 amide bonds. The quantitative estimate of drug-likeness (QED) is 0.619. The minimum Gasteiger partial charge on any atom is -0.487 e. The monoisotopic (exact) mass is 452 g/mol. The van der Waals surface area contributed by atoms with Crippen molar-refractivity contribution in [2.24, 2.45) is 5.92 Å². The number of nitrogens with one attached hydrogen (secondary N) is 1. The van der Waals surface area contributed by atoms with Crippen molar-refractivity contribution in [1.82, 2.24) is 20.0 Å². The zero-order valence-electron chi connectivity index (χ0n) is 19.4. The van der Waals surface area contributed by atoms with E-state index >= 15 is 0 Å². The van der Waals surface area contributed by atoms with Crippen LogP contribution in [0.3, 0.4) is 0 Å². The Balaban J connectivity index is 1.42. The first-order valence-corrected chi connectivity index (χ1v) is 12.4. The molecule has 2 aromatic heterocycles. The third-order valence-electron chi connectivity index (χ3n) is 6.77. The molecule has 1 N–H and O–H groups in total. The second kappa shape index (κ2) is 8.19. The predicted molar refractivity (Wildman–Crippen MR) is 129 cm³/mol. The minimum absolute atomic E-state index is 0.00789. The molecule has 6 nitrogen and oxygen atoms in total. The Bertz CT molecular complexity index is 1140. The molecule has 4 heterocycles. The number of rotatable bonds is 4. The maximum Gasteiger partial charge on any atom is 0.261 e. The number of nitrogens with zero attached hydrogens (tertiary/aromatic N) is 3. The van der Waals surface area contributed by atoms with Gasteiger partial charge in [-0.3, -0.25) is 9.48 Å². The Labute approximate surface area is 193 Å². The SMILES string of the molecule is Cc1nn(CC(C)C)c2sc(C(=O)NC3CC4(CCN(C)CC4)Oc4ccccc43)cc12. The second-order valence-electron chi connectivity index (χ2n) is 9.85. The van der Waals surface area contributed by atoms with E-state index in [2.05, 4.69) is 42.3 Å². The Kier molecular flexibility index (Phi) is 5.50. The van der Waals surface area contributed by atoms with Crippen molar-refractivity contribution in [1.29, 1.82) is 0 Å². The lowest BCUT2D eigenvalue weighted by molar-refractivity contribution is -0.0195. The van der Waals surface area contributed by atoms with Crippen LogP contribution in [0, 0.1) is 12.8 Å². The lowest BCUT2D eigenvalue weighted by Crippen LogP contribution is -2.51. The van der Waals surface area contributed by atoms with Gasteiger partial charge in [-0.2, -0.15) is 5.10 Å². The average Bonchev–Trinajstić information content (AvgIpc) is 3.32. The highest BCUT2D eigenvalue weighted by Gasteiger charge is 2.43. The number of benzene rings is 1. The van der Waals surface area contributed by atoms with Crippen molar-refractivity contribution in [3.63, 3.8) is 0 Å². The van der Waals surface area contributed by atoms with Gasteiger partial charge in [-0.1, -0.05) is 32.0 Å². The number of carbonyl (C=O) groups excluding carboxylic acids is 1. The van der Waals surface area contributed by atoms with Crippen LogP contribution in [0.25, 0.3) is 10.2 Å². The highest BCUT2D eigenvalue weighted by molar-refractivity contribution is 7.20. The van der Waals surface area contributed by atoms with Gasteiger partial charge in [0.25, 0.3) is 5.91 Å². The predicted octanol–water partition coefficient (Wildman–Crippen LogP) is 4.78. The number of likely N-dealkylation sites (tertiary alicyclic amines) is 1. The number of thiophene rings is 1. The van der Waals surface area contributed by atoms with E-state index in [-0.39, 0.29) is 17.6 Å². The third-order valence-corrected chi connectivity index (χ3v) is 7.92. The highest BCUT2D eigenvalue weighted by Crippen LogP contribution is 2.44. The zero-order chi connectivity index (χ0) is 22.5. The van der Waals surface area contributed by atoms with Gasteiger partial charge in [0, 0.05) is 37.0 Å². The lowest BCUT2D eigenvalue weighted by Gasteiger charge is -2.46. The second-order valence-corrected chi connectivity index (χ2v) is 10.9. The van der Waals surface area contributed by atoms with Crippen LogP contribution < -0.4 is 10.1 Å². The molecule has 170 valence electrons. The number of fused-ring (bicyclic) bond motifs is 2. The molecule has 32 heavy (non-hydrogen) atoms. The molecular formula is C25H32N4O2S. The standard InChI is InChI=1S/C25H32N4O2S/c1-16(2)15-29-24-19(17(3)27-29)13-22(32-24)23(30)26-20-14-25(9-11-28(4)12-10-25)31-21-8-6-5-7-18(20)21/h5-8,13,16,20H,9-12,14-15H2,1-4H3,(H,26,30). The van der Waals surface area contributed by atoms with Crippen molar-refractivity contribution >= 4 is 27.5 Å². The molecule has 2 aliphatic rings. The fourth-order valence-corrected chi connectivity index (χ4v) is 6.08. The van der Waals surface area contributed by atoms with E-state index in [0.29, 0.717) is 5.92 Å². The summed E-state index contributed by atoms with van der Waals surface area (Å²) in [6, 6.07) is 10.1. The van der Waals surface area contributed by atoms with Gasteiger partial charge >= 0.3 is 0 Å². The summed E-state index contributed by atoms with van der Waals surface area (Å²) in [6.07, 6.45) is 2.78. The molecule has 1 fully saturated rings. The molecule has 1 unspecified atom stereocenters. The van der Waals surface area contributed by atoms with Gasteiger partial charge in [0.2, 0.25) is 0 Å². The van der Waals surface area contributed by atoms with E-state index in [1.807, 2.05) is 35.9 Å². The summed E-state index contributed by atoms with van der Waals surface area (Å²) in [5.74, 6) is 1.40. The van der Waals surface area contributed by atoms with E-state index in [1.54, 1.807) is 11.3 Å². The van der Waals surface area contributed by atoms with Crippen LogP contribution in [0.5, 0.6) is 5.75 Å². The van der Waals surface area contributed by atoms with Gasteiger partial charge in [0.15, 0.2) is 0 Å². The van der Waals surface area contributed by atoms with E-state index in [9.17, 15) is 4.79 Å². The summed E-state index contributed by atoms with van der Waals surface area (Å²) in [6.45, 7) is 9.29. The Hall–Kier alpha value is -2.38. The number of carbonyl (C=O) groups is 1. The Morgan fingerprint density at radius 3 is 2.81 bits per heavy atom. The largest absolute Gasteiger partial charge is 0.487 e. The molecule has 2 aliphatic heterocycles. The minimum atomic E-state index is -0.201. The fraction of sp³-hybridized carbons (Fsp3) is 0.520. The molecule has 0 bridgehead atoms. The normalized spacial score (nSPS) is 20.5. The molecule has 1 atom stereocenters. The van der Waals surface area contributed by atoms with Crippen LogP contribution >= 0.6 is 11.3 Å². The first-order chi connectivity index (χ1) is 15.3. The number of hydrogen-bond donors (Lipinski definition) is 1. The molecular weight excluding hydrogens is 420 g/mol. The number of aromatic nitrogens is 2. The molecule has 1 aromatic carbocycles. The van der Waals surface area contributed by atoms with Gasteiger partial charge in [-0.05, 0) is 44.9 Å². The van der Waals surface area contributed by atoms with Gasteiger partial charge in [-0.25, -0.2) is 0 Å². The molecule has 7 heteroatoms. The van der Waals surface area contributed by atoms with Crippen molar-refractivity contribution in [2.45, 2.75) is 58.2 Å². The van der Waals surface area contributed by atoms with Crippen LogP contribution in [0.15, 0.2) is 30.3 Å². The van der Waals surface area contributed by atoms with Gasteiger partial charge < -0.3 is 15.0 Å². The summed E-state index contributed by atoms with van der Waals surface area (Å²) in [7, 11) is 2.16. The molecule has 0 radical (unpaired) electrons. The molecule has 1 saturated heterocycles. The van der Waals surface area contributed by atoms with Crippen LogP contribution in [0.1, 0.15) is 60.1 Å². The van der Waals surface area contributed by atoms with Gasteiger partial charge in [0.1, 0.15) is 16.2 Å². The summed E-state index contributed by atoms with van der Waals surface area (Å²) in [4.78, 5) is 17.6. The maximum atomic E-state index is 13.4. The molecule has 5 rings (SSSR count). The molecule has 0 aliphatic carbocycles. The molecule has 1 spiro atoms. The fourth-order valence-electron chi connectivity index (χ4n) is 5.00. The van der Waals surface area contributed by atoms with Crippen LogP contribution in [-0.4, -0.2) is 46.3 Å². The average molecular weight is 453 g/mol. The summed E-state index contributed by atoms with van der Waals surface area (Å²) >= 11 is 1.54. The number of amides is 1. The topological polar surface area (TPSA) is 59.4 Å². The first kappa shape index (κ1) is 21.5. The van der Waals surface area contributed by atoms with E-state index < -0.39 is 0 Å². The Morgan fingerprint density at radius 1 is 1.31 bits per heavy atom. The van der Waals surface area contributed by atoms with Crippen LogP contribution in [-0.2, 0) is 6.54 Å². The van der Waals surface area contributed by atoms with Gasteiger partial charge in [-0.15, -0.1) is 11.3 Å². The van der Waals surface area contributed by atoms with Crippen molar-refractivity contribution in [3.05, 3.63) is 46.5 Å². The van der Waals surface area contributed by atoms with E-state index in [4.69, 9.17) is 4.74 Å². The van der Waals surface area contributed by atoms with Crippen molar-refractivity contribution in [2.75, 3.05) is 20.1 Å². The number of para-hydroxylation sites is 1. The number of aryl methyl sites for hydroxylation is 1. The Morgan fingerprint density at radius 2 is 2.06 bits per heavy atom. The maximum absolute atomic E-state index is 13.4. The number of piperidine rings is 1.